The molecule has 0 saturated carbocycles. The first-order valence-corrected chi connectivity index (χ1v) is 8.50. The second-order valence-electron chi connectivity index (χ2n) is 5.17. The molecule has 0 aliphatic rings. The van der Waals surface area contributed by atoms with Gasteiger partial charge in [-0.15, -0.1) is 0 Å². The Hall–Kier alpha value is -2.43. The van der Waals surface area contributed by atoms with Gasteiger partial charge in [0.2, 0.25) is 0 Å². The lowest BCUT2D eigenvalue weighted by Crippen LogP contribution is -2.00. The molecule has 2 rings (SSSR count). The van der Waals surface area contributed by atoms with Crippen molar-refractivity contribution in [1.82, 2.24) is 0 Å². The molecular formula is C20H18Cl2O4. The number of esters is 1. The number of rotatable bonds is 8. The van der Waals surface area contributed by atoms with Crippen LogP contribution in [0.3, 0.4) is 0 Å². The highest BCUT2D eigenvalue weighted by atomic mass is 35.5. The number of hydrogen-bond donors (Lipinski definition) is 0. The van der Waals surface area contributed by atoms with Gasteiger partial charge in [-0.3, -0.25) is 0 Å². The van der Waals surface area contributed by atoms with Crippen molar-refractivity contribution in [2.45, 2.75) is 6.61 Å². The Labute approximate surface area is 162 Å². The van der Waals surface area contributed by atoms with Crippen LogP contribution in [0.4, 0.5) is 0 Å². The summed E-state index contributed by atoms with van der Waals surface area (Å²) in [6, 6.07) is 10.8. The van der Waals surface area contributed by atoms with Crippen molar-refractivity contribution >= 4 is 35.2 Å². The molecule has 26 heavy (non-hydrogen) atoms. The van der Waals surface area contributed by atoms with Crippen molar-refractivity contribution in [2.24, 2.45) is 0 Å². The maximum atomic E-state index is 11.5. The van der Waals surface area contributed by atoms with Crippen molar-refractivity contribution in [3.63, 3.8) is 0 Å². The first-order chi connectivity index (χ1) is 12.5. The molecule has 0 N–H and O–H groups in total. The molecule has 0 amide bonds. The summed E-state index contributed by atoms with van der Waals surface area (Å²) in [5, 5.41) is 0.968. The molecular weight excluding hydrogens is 375 g/mol. The van der Waals surface area contributed by atoms with Gasteiger partial charge in [0.15, 0.2) is 11.5 Å². The third-order valence-corrected chi connectivity index (χ3v) is 3.99. The summed E-state index contributed by atoms with van der Waals surface area (Å²) in [4.78, 5) is 11.5. The van der Waals surface area contributed by atoms with Crippen LogP contribution in [0.5, 0.6) is 11.5 Å². The molecule has 0 heterocycles. The summed E-state index contributed by atoms with van der Waals surface area (Å²) in [6.07, 6.45) is 4.38. The van der Waals surface area contributed by atoms with Crippen LogP contribution < -0.4 is 9.47 Å². The first-order valence-electron chi connectivity index (χ1n) is 7.74. The molecule has 0 aliphatic heterocycles. The van der Waals surface area contributed by atoms with Crippen molar-refractivity contribution in [3.8, 4) is 11.5 Å². The van der Waals surface area contributed by atoms with E-state index in [-0.39, 0.29) is 13.2 Å². The topological polar surface area (TPSA) is 44.8 Å². The van der Waals surface area contributed by atoms with Gasteiger partial charge in [0.05, 0.1) is 12.1 Å². The molecule has 0 radical (unpaired) electrons. The number of benzene rings is 2. The van der Waals surface area contributed by atoms with E-state index >= 15 is 0 Å². The van der Waals surface area contributed by atoms with Gasteiger partial charge < -0.3 is 14.2 Å². The fourth-order valence-corrected chi connectivity index (χ4v) is 2.56. The van der Waals surface area contributed by atoms with Crippen LogP contribution in [-0.4, -0.2) is 19.7 Å². The van der Waals surface area contributed by atoms with Crippen LogP contribution in [0.2, 0.25) is 10.0 Å². The number of ether oxygens (including phenoxy) is 3. The zero-order valence-electron chi connectivity index (χ0n) is 14.2. The van der Waals surface area contributed by atoms with Crippen molar-refractivity contribution in [1.29, 1.82) is 0 Å². The van der Waals surface area contributed by atoms with Gasteiger partial charge in [-0.25, -0.2) is 4.79 Å². The van der Waals surface area contributed by atoms with Gasteiger partial charge in [0.25, 0.3) is 0 Å². The third-order valence-electron chi connectivity index (χ3n) is 3.34. The number of carbonyl (C=O) groups is 1. The largest absolute Gasteiger partial charge is 0.493 e. The highest BCUT2D eigenvalue weighted by Gasteiger charge is 2.12. The Morgan fingerprint density at radius 1 is 1.19 bits per heavy atom. The van der Waals surface area contributed by atoms with Crippen LogP contribution in [0.15, 0.2) is 55.1 Å². The van der Waals surface area contributed by atoms with Crippen molar-refractivity contribution < 1.29 is 19.0 Å². The summed E-state index contributed by atoms with van der Waals surface area (Å²) >= 11 is 12.4. The highest BCUT2D eigenvalue weighted by Crippen LogP contribution is 2.37. The average Bonchev–Trinajstić information content (AvgIpc) is 2.64. The van der Waals surface area contributed by atoms with Crippen molar-refractivity contribution in [2.75, 3.05) is 13.7 Å². The summed E-state index contributed by atoms with van der Waals surface area (Å²) in [5.74, 6) is 0.378. The Morgan fingerprint density at radius 2 is 1.96 bits per heavy atom. The summed E-state index contributed by atoms with van der Waals surface area (Å²) < 4.78 is 16.0. The van der Waals surface area contributed by atoms with Crippen LogP contribution in [0.25, 0.3) is 6.08 Å². The maximum Gasteiger partial charge on any atom is 0.331 e. The summed E-state index contributed by atoms with van der Waals surface area (Å²) in [5.41, 5.74) is 1.51. The number of hydrogen-bond acceptors (Lipinski definition) is 4. The Bertz CT molecular complexity index is 815. The Balaban J connectivity index is 2.16. The van der Waals surface area contributed by atoms with Crippen LogP contribution in [-0.2, 0) is 16.1 Å². The smallest absolute Gasteiger partial charge is 0.331 e. The molecule has 0 spiro atoms. The molecule has 0 aromatic heterocycles. The quantitative estimate of drug-likeness (QED) is 0.346. The highest BCUT2D eigenvalue weighted by molar-refractivity contribution is 6.32. The van der Waals surface area contributed by atoms with E-state index in [1.165, 1.54) is 19.3 Å². The molecule has 0 saturated heterocycles. The third kappa shape index (κ3) is 5.55. The minimum Gasteiger partial charge on any atom is -0.493 e. The Morgan fingerprint density at radius 3 is 2.65 bits per heavy atom. The van der Waals surface area contributed by atoms with Crippen LogP contribution in [0, 0.1) is 0 Å². The average molecular weight is 393 g/mol. The zero-order valence-corrected chi connectivity index (χ0v) is 15.7. The molecule has 0 atom stereocenters. The van der Waals surface area contributed by atoms with E-state index in [1.54, 1.807) is 24.3 Å². The molecule has 0 fully saturated rings. The van der Waals surface area contributed by atoms with Crippen LogP contribution >= 0.6 is 23.2 Å². The van der Waals surface area contributed by atoms with Gasteiger partial charge in [0, 0.05) is 16.7 Å². The summed E-state index contributed by atoms with van der Waals surface area (Å²) in [6.45, 7) is 3.89. The fourth-order valence-electron chi connectivity index (χ4n) is 2.09. The SMILES string of the molecule is C=CCOC(=O)/C=C/c1cc(Cl)c(OCc2ccccc2Cl)c(OC)c1. The van der Waals surface area contributed by atoms with Gasteiger partial charge in [0.1, 0.15) is 13.2 Å². The lowest BCUT2D eigenvalue weighted by Gasteiger charge is -2.14. The zero-order chi connectivity index (χ0) is 18.9. The van der Waals surface area contributed by atoms with Gasteiger partial charge in [-0.1, -0.05) is 54.1 Å². The fraction of sp³-hybridized carbons (Fsp3) is 0.150. The van der Waals surface area contributed by atoms with Gasteiger partial charge in [-0.2, -0.15) is 0 Å². The standard InChI is InChI=1S/C20H18Cl2O4/c1-3-10-25-19(23)9-8-14-11-17(22)20(18(12-14)24-2)26-13-15-6-4-5-7-16(15)21/h3-9,11-12H,1,10,13H2,2H3/b9-8+. The van der Waals surface area contributed by atoms with Gasteiger partial charge >= 0.3 is 5.97 Å². The van der Waals surface area contributed by atoms with E-state index in [1.807, 2.05) is 18.2 Å². The minimum absolute atomic E-state index is 0.155. The number of carbonyl (C=O) groups excluding carboxylic acids is 1. The monoisotopic (exact) mass is 392 g/mol. The predicted molar refractivity (Wildman–Crippen MR) is 104 cm³/mol. The second-order valence-corrected chi connectivity index (χ2v) is 5.98. The molecule has 136 valence electrons. The maximum absolute atomic E-state index is 11.5. The predicted octanol–water partition coefficient (Wildman–Crippen LogP) is 5.32. The summed E-state index contributed by atoms with van der Waals surface area (Å²) in [7, 11) is 1.51. The molecule has 0 aliphatic carbocycles. The molecule has 0 unspecified atom stereocenters. The number of methoxy groups -OCH3 is 1. The van der Waals surface area contributed by atoms with E-state index in [0.717, 1.165) is 5.56 Å². The van der Waals surface area contributed by atoms with E-state index in [2.05, 4.69) is 6.58 Å². The van der Waals surface area contributed by atoms with Crippen LogP contribution in [0.1, 0.15) is 11.1 Å². The normalized spacial score (nSPS) is 10.6. The molecule has 6 heteroatoms. The molecule has 0 bridgehead atoms. The Kier molecular flexibility index (Phi) is 7.57. The second kappa shape index (κ2) is 9.90. The van der Waals surface area contributed by atoms with E-state index in [4.69, 9.17) is 37.4 Å². The lowest BCUT2D eigenvalue weighted by molar-refractivity contribution is -0.136. The van der Waals surface area contributed by atoms with E-state index < -0.39 is 5.97 Å². The minimum atomic E-state index is -0.473. The van der Waals surface area contributed by atoms with E-state index in [9.17, 15) is 4.79 Å². The van der Waals surface area contributed by atoms with Gasteiger partial charge in [-0.05, 0) is 29.8 Å². The lowest BCUT2D eigenvalue weighted by atomic mass is 10.2. The molecule has 2 aromatic carbocycles. The molecule has 4 nitrogen and oxygen atoms in total. The number of halogens is 2. The first kappa shape index (κ1) is 19.9. The van der Waals surface area contributed by atoms with Crippen molar-refractivity contribution in [3.05, 3.63) is 76.3 Å². The molecule has 2 aromatic rings. The van der Waals surface area contributed by atoms with E-state index in [0.29, 0.717) is 27.1 Å².